The molecule has 0 bridgehead atoms. The first-order valence-corrected chi connectivity index (χ1v) is 9.95. The van der Waals surface area contributed by atoms with E-state index in [-0.39, 0.29) is 23.0 Å². The number of aliphatic imine (C=N–C) groups is 1. The molecule has 140 valence electrons. The number of hydrogen-bond donors (Lipinski definition) is 2. The van der Waals surface area contributed by atoms with E-state index in [0.29, 0.717) is 11.4 Å². The minimum Gasteiger partial charge on any atom is -0.506 e. The van der Waals surface area contributed by atoms with E-state index in [1.54, 1.807) is 24.3 Å². The molecular formula is C20H16N4O3S. The van der Waals surface area contributed by atoms with Crippen molar-refractivity contribution < 1.29 is 13.5 Å². The van der Waals surface area contributed by atoms with E-state index in [0.717, 1.165) is 11.1 Å². The van der Waals surface area contributed by atoms with Gasteiger partial charge in [-0.3, -0.25) is 4.72 Å². The molecule has 7 nitrogen and oxygen atoms in total. The number of benzene rings is 3. The van der Waals surface area contributed by atoms with Gasteiger partial charge in [-0.15, -0.1) is 5.11 Å². The largest absolute Gasteiger partial charge is 0.506 e. The Bertz CT molecular complexity index is 1190. The van der Waals surface area contributed by atoms with Crippen LogP contribution < -0.4 is 4.72 Å². The Morgan fingerprint density at radius 2 is 1.64 bits per heavy atom. The molecule has 0 radical (unpaired) electrons. The third-order valence-electron chi connectivity index (χ3n) is 4.20. The highest BCUT2D eigenvalue weighted by Crippen LogP contribution is 2.31. The van der Waals surface area contributed by atoms with Crippen molar-refractivity contribution in [2.45, 2.75) is 4.90 Å². The van der Waals surface area contributed by atoms with Crippen LogP contribution in [0.3, 0.4) is 0 Å². The lowest BCUT2D eigenvalue weighted by Crippen LogP contribution is -2.13. The lowest BCUT2D eigenvalue weighted by Gasteiger charge is -2.12. The fraction of sp³-hybridized carbons (Fsp3) is 0.0500. The summed E-state index contributed by atoms with van der Waals surface area (Å²) >= 11 is 0. The number of nitrogens with one attached hydrogen (secondary N) is 1. The second kappa shape index (κ2) is 7.24. The van der Waals surface area contributed by atoms with Gasteiger partial charge in [0.2, 0.25) is 0 Å². The Kier molecular flexibility index (Phi) is 4.62. The minimum atomic E-state index is -3.92. The molecule has 0 amide bonds. The summed E-state index contributed by atoms with van der Waals surface area (Å²) in [6.07, 6.45) is 0. The molecular weight excluding hydrogens is 376 g/mol. The molecule has 8 heteroatoms. The van der Waals surface area contributed by atoms with Gasteiger partial charge < -0.3 is 5.11 Å². The summed E-state index contributed by atoms with van der Waals surface area (Å²) in [5, 5.41) is 17.8. The fourth-order valence-corrected chi connectivity index (χ4v) is 3.92. The first-order chi connectivity index (χ1) is 13.5. The first-order valence-electron chi connectivity index (χ1n) is 8.46. The van der Waals surface area contributed by atoms with Gasteiger partial charge in [-0.2, -0.15) is 5.11 Å². The zero-order valence-corrected chi connectivity index (χ0v) is 15.5. The molecule has 3 aromatic carbocycles. The third kappa shape index (κ3) is 3.63. The van der Waals surface area contributed by atoms with E-state index in [2.05, 4.69) is 19.9 Å². The van der Waals surface area contributed by atoms with Crippen LogP contribution in [0.4, 0.5) is 5.69 Å². The Morgan fingerprint density at radius 3 is 2.39 bits per heavy atom. The van der Waals surface area contributed by atoms with Gasteiger partial charge in [-0.05, 0) is 35.4 Å². The van der Waals surface area contributed by atoms with Crippen molar-refractivity contribution in [2.24, 2.45) is 15.2 Å². The van der Waals surface area contributed by atoms with Crippen molar-refractivity contribution in [3.05, 3.63) is 78.4 Å². The highest BCUT2D eigenvalue weighted by molar-refractivity contribution is 7.92. The molecule has 3 aromatic rings. The van der Waals surface area contributed by atoms with Gasteiger partial charge in [0.05, 0.1) is 10.6 Å². The molecule has 2 N–H and O–H groups in total. The van der Waals surface area contributed by atoms with Gasteiger partial charge in [0, 0.05) is 5.56 Å². The zero-order valence-electron chi connectivity index (χ0n) is 14.6. The van der Waals surface area contributed by atoms with Crippen LogP contribution in [-0.2, 0) is 10.0 Å². The van der Waals surface area contributed by atoms with Crippen molar-refractivity contribution in [3.8, 4) is 16.9 Å². The summed E-state index contributed by atoms with van der Waals surface area (Å²) in [6.45, 7) is 0.241. The second-order valence-corrected chi connectivity index (χ2v) is 7.78. The number of azo groups is 1. The van der Waals surface area contributed by atoms with E-state index in [4.69, 9.17) is 0 Å². The highest BCUT2D eigenvalue weighted by Gasteiger charge is 2.18. The molecule has 0 atom stereocenters. The number of amidine groups is 1. The van der Waals surface area contributed by atoms with Crippen LogP contribution in [0.15, 0.2) is 92.9 Å². The Hall–Kier alpha value is -3.52. The molecule has 0 saturated carbocycles. The van der Waals surface area contributed by atoms with Crippen LogP contribution in [0.25, 0.3) is 11.1 Å². The van der Waals surface area contributed by atoms with Crippen molar-refractivity contribution in [1.29, 1.82) is 0 Å². The number of sulfonamides is 1. The molecule has 0 fully saturated rings. The van der Waals surface area contributed by atoms with Gasteiger partial charge >= 0.3 is 0 Å². The van der Waals surface area contributed by atoms with Gasteiger partial charge in [-0.1, -0.05) is 48.5 Å². The average molecular weight is 392 g/mol. The van der Waals surface area contributed by atoms with Crippen LogP contribution in [0.1, 0.15) is 5.56 Å². The number of rotatable bonds is 5. The molecule has 1 aliphatic rings. The van der Waals surface area contributed by atoms with E-state index in [1.807, 2.05) is 30.3 Å². The maximum Gasteiger partial charge on any atom is 0.262 e. The topological polar surface area (TPSA) is 103 Å². The van der Waals surface area contributed by atoms with Crippen LogP contribution in [-0.4, -0.2) is 26.0 Å². The van der Waals surface area contributed by atoms with E-state index in [9.17, 15) is 13.5 Å². The van der Waals surface area contributed by atoms with E-state index >= 15 is 0 Å². The van der Waals surface area contributed by atoms with Crippen molar-refractivity contribution >= 4 is 21.5 Å². The molecule has 1 aliphatic heterocycles. The maximum atomic E-state index is 12.9. The summed E-state index contributed by atoms with van der Waals surface area (Å²) in [5.41, 5.74) is 2.36. The van der Waals surface area contributed by atoms with Crippen molar-refractivity contribution in [3.63, 3.8) is 0 Å². The summed E-state index contributed by atoms with van der Waals surface area (Å²) in [6, 6.07) is 20.6. The van der Waals surface area contributed by atoms with Gasteiger partial charge in [-0.25, -0.2) is 13.4 Å². The Labute approximate surface area is 162 Å². The molecule has 0 aliphatic carbocycles. The average Bonchev–Trinajstić information content (AvgIpc) is 3.25. The lowest BCUT2D eigenvalue weighted by atomic mass is 10.1. The predicted octanol–water partition coefficient (Wildman–Crippen LogP) is 4.03. The second-order valence-electron chi connectivity index (χ2n) is 6.10. The summed E-state index contributed by atoms with van der Waals surface area (Å²) in [4.78, 5) is 4.14. The Balaban J connectivity index is 1.67. The van der Waals surface area contributed by atoms with Gasteiger partial charge in [0.1, 0.15) is 5.75 Å². The standard InChI is InChI=1S/C20H16N4O3S/c25-19-10-9-15(14-5-2-1-3-6-14)12-18(19)24-28(26,27)17-8-4-7-16(11-17)20-21-13-22-23-20/h1-12,24-25H,13H2. The van der Waals surface area contributed by atoms with Gasteiger partial charge in [0.25, 0.3) is 10.0 Å². The molecule has 0 unspecified atom stereocenters. The fourth-order valence-electron chi connectivity index (χ4n) is 2.81. The highest BCUT2D eigenvalue weighted by atomic mass is 32.2. The smallest absolute Gasteiger partial charge is 0.262 e. The number of anilines is 1. The Morgan fingerprint density at radius 1 is 0.857 bits per heavy atom. The molecule has 1 heterocycles. The van der Waals surface area contributed by atoms with E-state index in [1.165, 1.54) is 18.2 Å². The molecule has 0 spiro atoms. The SMILES string of the molecule is O=S(=O)(Nc1cc(-c2ccccc2)ccc1O)c1cccc(C2=NCN=N2)c1. The van der Waals surface area contributed by atoms with E-state index < -0.39 is 10.0 Å². The van der Waals surface area contributed by atoms with Crippen molar-refractivity contribution in [1.82, 2.24) is 0 Å². The summed E-state index contributed by atoms with van der Waals surface area (Å²) in [5.74, 6) is 0.236. The normalized spacial score (nSPS) is 13.4. The molecule has 0 aromatic heterocycles. The number of aromatic hydroxyl groups is 1. The molecule has 4 rings (SSSR count). The quantitative estimate of drug-likeness (QED) is 0.641. The maximum absolute atomic E-state index is 12.9. The van der Waals surface area contributed by atoms with Crippen LogP contribution >= 0.6 is 0 Å². The van der Waals surface area contributed by atoms with Crippen LogP contribution in [0.2, 0.25) is 0 Å². The summed E-state index contributed by atoms with van der Waals surface area (Å²) < 4.78 is 28.2. The monoisotopic (exact) mass is 392 g/mol. The van der Waals surface area contributed by atoms with Gasteiger partial charge in [0.15, 0.2) is 12.5 Å². The zero-order chi connectivity index (χ0) is 19.6. The lowest BCUT2D eigenvalue weighted by molar-refractivity contribution is 0.477. The van der Waals surface area contributed by atoms with Crippen molar-refractivity contribution in [2.75, 3.05) is 11.4 Å². The number of hydrogen-bond acceptors (Lipinski definition) is 6. The minimum absolute atomic E-state index is 0.0410. The summed E-state index contributed by atoms with van der Waals surface area (Å²) in [7, 11) is -3.92. The number of phenolic OH excluding ortho intramolecular Hbond substituents is 1. The predicted molar refractivity (Wildman–Crippen MR) is 107 cm³/mol. The van der Waals surface area contributed by atoms with Crippen LogP contribution in [0.5, 0.6) is 5.75 Å². The first kappa shape index (κ1) is 17.9. The number of nitrogens with zero attached hydrogens (tertiary/aromatic N) is 3. The van der Waals surface area contributed by atoms with Crippen LogP contribution in [0, 0.1) is 0 Å². The molecule has 28 heavy (non-hydrogen) atoms. The number of phenols is 1. The molecule has 0 saturated heterocycles. The third-order valence-corrected chi connectivity index (χ3v) is 5.56.